The van der Waals surface area contributed by atoms with Crippen LogP contribution in [0.15, 0.2) is 0 Å². The van der Waals surface area contributed by atoms with E-state index in [1.165, 1.54) is 32.1 Å². The van der Waals surface area contributed by atoms with Crippen LogP contribution in [-0.2, 0) is 9.47 Å². The lowest BCUT2D eigenvalue weighted by atomic mass is 9.88. The van der Waals surface area contributed by atoms with Gasteiger partial charge in [-0.05, 0) is 25.5 Å². The van der Waals surface area contributed by atoms with Crippen LogP contribution in [0.1, 0.15) is 38.5 Å². The van der Waals surface area contributed by atoms with Gasteiger partial charge in [-0.1, -0.05) is 19.3 Å². The van der Waals surface area contributed by atoms with Gasteiger partial charge in [-0.3, -0.25) is 0 Å². The summed E-state index contributed by atoms with van der Waals surface area (Å²) in [4.78, 5) is 0. The van der Waals surface area contributed by atoms with Crippen LogP contribution in [0, 0.1) is 0 Å². The van der Waals surface area contributed by atoms with E-state index in [1.807, 2.05) is 0 Å². The predicted molar refractivity (Wildman–Crippen MR) is 72.5 cm³/mol. The lowest BCUT2D eigenvalue weighted by Gasteiger charge is -2.36. The molecule has 0 radical (unpaired) electrons. The molecule has 2 fully saturated rings. The highest BCUT2D eigenvalue weighted by Crippen LogP contribution is 2.37. The highest BCUT2D eigenvalue weighted by atomic mass is 32.2. The van der Waals surface area contributed by atoms with Gasteiger partial charge in [0.2, 0.25) is 0 Å². The van der Waals surface area contributed by atoms with Crippen molar-refractivity contribution in [2.75, 3.05) is 32.7 Å². The normalized spacial score (nSPS) is 29.1. The van der Waals surface area contributed by atoms with E-state index in [1.54, 1.807) is 0 Å². The molecule has 17 heavy (non-hydrogen) atoms. The minimum atomic E-state index is 0.353. The molecular formula is C13H25NO2S. The number of thioether (sulfide) groups is 1. The third-order valence-corrected chi connectivity index (χ3v) is 5.41. The van der Waals surface area contributed by atoms with Crippen molar-refractivity contribution >= 4 is 11.8 Å². The third kappa shape index (κ3) is 4.12. The van der Waals surface area contributed by atoms with E-state index in [2.05, 4.69) is 23.3 Å². The molecular weight excluding hydrogens is 234 g/mol. The first-order valence-electron chi connectivity index (χ1n) is 6.80. The summed E-state index contributed by atoms with van der Waals surface area (Å²) in [5.74, 6) is 0. The van der Waals surface area contributed by atoms with E-state index in [4.69, 9.17) is 9.47 Å². The standard InChI is InChI=1S/C13H25NO2S/c1-17-13(6-3-2-4-7-13)10-14-9-12-5-8-15-11-16-12/h12,14H,2-11H2,1H3. The minimum absolute atomic E-state index is 0.353. The highest BCUT2D eigenvalue weighted by Gasteiger charge is 2.30. The fraction of sp³-hybridized carbons (Fsp3) is 1.00. The predicted octanol–water partition coefficient (Wildman–Crippen LogP) is 2.40. The molecule has 1 saturated heterocycles. The number of hydrogen-bond donors (Lipinski definition) is 1. The zero-order chi connectivity index (χ0) is 12.0. The van der Waals surface area contributed by atoms with E-state index < -0.39 is 0 Å². The third-order valence-electron chi connectivity index (χ3n) is 3.99. The molecule has 1 aliphatic heterocycles. The van der Waals surface area contributed by atoms with Gasteiger partial charge in [0.25, 0.3) is 0 Å². The maximum absolute atomic E-state index is 5.54. The first-order valence-corrected chi connectivity index (χ1v) is 8.02. The number of ether oxygens (including phenoxy) is 2. The fourth-order valence-electron chi connectivity index (χ4n) is 2.77. The lowest BCUT2D eigenvalue weighted by Crippen LogP contribution is -2.43. The first kappa shape index (κ1) is 13.7. The Hall–Kier alpha value is 0.230. The Morgan fingerprint density at radius 1 is 1.29 bits per heavy atom. The van der Waals surface area contributed by atoms with Crippen LogP contribution < -0.4 is 5.32 Å². The van der Waals surface area contributed by atoms with Crippen molar-refractivity contribution in [1.29, 1.82) is 0 Å². The molecule has 1 heterocycles. The Bertz CT molecular complexity index is 213. The molecule has 0 amide bonds. The summed E-state index contributed by atoms with van der Waals surface area (Å²) >= 11 is 2.05. The monoisotopic (exact) mass is 259 g/mol. The maximum Gasteiger partial charge on any atom is 0.147 e. The van der Waals surface area contributed by atoms with E-state index >= 15 is 0 Å². The summed E-state index contributed by atoms with van der Waals surface area (Å²) in [6.45, 7) is 3.43. The largest absolute Gasteiger partial charge is 0.355 e. The van der Waals surface area contributed by atoms with Gasteiger partial charge in [0, 0.05) is 17.8 Å². The molecule has 1 saturated carbocycles. The van der Waals surface area contributed by atoms with Crippen LogP contribution >= 0.6 is 11.8 Å². The highest BCUT2D eigenvalue weighted by molar-refractivity contribution is 8.00. The molecule has 1 atom stereocenters. The molecule has 100 valence electrons. The Morgan fingerprint density at radius 2 is 2.12 bits per heavy atom. The van der Waals surface area contributed by atoms with Gasteiger partial charge in [-0.2, -0.15) is 11.8 Å². The SMILES string of the molecule is CSC1(CNCC2CCOCO2)CCCCC1. The van der Waals surface area contributed by atoms with Crippen molar-refractivity contribution in [3.8, 4) is 0 Å². The second-order valence-corrected chi connectivity index (χ2v) is 6.46. The van der Waals surface area contributed by atoms with Gasteiger partial charge >= 0.3 is 0 Å². The van der Waals surface area contributed by atoms with Gasteiger partial charge in [-0.15, -0.1) is 0 Å². The smallest absolute Gasteiger partial charge is 0.147 e. The van der Waals surface area contributed by atoms with E-state index in [9.17, 15) is 0 Å². The summed E-state index contributed by atoms with van der Waals surface area (Å²) < 4.78 is 11.2. The van der Waals surface area contributed by atoms with Crippen LogP contribution in [0.5, 0.6) is 0 Å². The number of nitrogens with one attached hydrogen (secondary N) is 1. The number of rotatable bonds is 5. The average Bonchev–Trinajstić information content (AvgIpc) is 2.41. The lowest BCUT2D eigenvalue weighted by molar-refractivity contribution is -0.137. The quantitative estimate of drug-likeness (QED) is 0.821. The van der Waals surface area contributed by atoms with E-state index in [0.717, 1.165) is 26.1 Å². The zero-order valence-corrected chi connectivity index (χ0v) is 11.7. The van der Waals surface area contributed by atoms with Crippen molar-refractivity contribution in [3.05, 3.63) is 0 Å². The van der Waals surface area contributed by atoms with Crippen molar-refractivity contribution in [3.63, 3.8) is 0 Å². The fourth-order valence-corrected chi connectivity index (χ4v) is 3.72. The Morgan fingerprint density at radius 3 is 2.76 bits per heavy atom. The Kier molecular flexibility index (Phi) is 5.60. The molecule has 0 bridgehead atoms. The van der Waals surface area contributed by atoms with Crippen molar-refractivity contribution in [1.82, 2.24) is 5.32 Å². The zero-order valence-electron chi connectivity index (χ0n) is 10.9. The minimum Gasteiger partial charge on any atom is -0.355 e. The molecule has 1 unspecified atom stereocenters. The van der Waals surface area contributed by atoms with Crippen LogP contribution in [0.25, 0.3) is 0 Å². The van der Waals surface area contributed by atoms with Crippen LogP contribution in [0.4, 0.5) is 0 Å². The van der Waals surface area contributed by atoms with Crippen LogP contribution in [-0.4, -0.2) is 43.6 Å². The molecule has 4 heteroatoms. The summed E-state index contributed by atoms with van der Waals surface area (Å²) in [7, 11) is 0. The van der Waals surface area contributed by atoms with Crippen molar-refractivity contribution in [2.24, 2.45) is 0 Å². The summed E-state index contributed by atoms with van der Waals surface area (Å²) in [5, 5.41) is 3.62. The van der Waals surface area contributed by atoms with E-state index in [-0.39, 0.29) is 0 Å². The van der Waals surface area contributed by atoms with Crippen molar-refractivity contribution in [2.45, 2.75) is 49.4 Å². The second-order valence-electron chi connectivity index (χ2n) is 5.18. The molecule has 3 nitrogen and oxygen atoms in total. The van der Waals surface area contributed by atoms with Gasteiger partial charge in [0.1, 0.15) is 6.79 Å². The summed E-state index contributed by atoms with van der Waals surface area (Å²) in [6, 6.07) is 0. The van der Waals surface area contributed by atoms with Gasteiger partial charge in [0.05, 0.1) is 12.7 Å². The Labute approximate surface area is 109 Å². The first-order chi connectivity index (χ1) is 8.35. The topological polar surface area (TPSA) is 30.5 Å². The van der Waals surface area contributed by atoms with Gasteiger partial charge in [0.15, 0.2) is 0 Å². The molecule has 2 rings (SSSR count). The van der Waals surface area contributed by atoms with E-state index in [0.29, 0.717) is 17.6 Å². The molecule has 0 aromatic rings. The molecule has 0 spiro atoms. The van der Waals surface area contributed by atoms with Crippen LogP contribution in [0.3, 0.4) is 0 Å². The molecule has 0 aromatic heterocycles. The van der Waals surface area contributed by atoms with Gasteiger partial charge in [-0.25, -0.2) is 0 Å². The number of hydrogen-bond acceptors (Lipinski definition) is 4. The molecule has 1 aliphatic carbocycles. The summed E-state index contributed by atoms with van der Waals surface area (Å²) in [6.07, 6.45) is 10.6. The second kappa shape index (κ2) is 6.98. The summed E-state index contributed by atoms with van der Waals surface area (Å²) in [5.41, 5.74) is 0. The van der Waals surface area contributed by atoms with Crippen molar-refractivity contribution < 1.29 is 9.47 Å². The molecule has 0 aromatic carbocycles. The Balaban J connectivity index is 1.68. The molecule has 2 aliphatic rings. The van der Waals surface area contributed by atoms with Gasteiger partial charge < -0.3 is 14.8 Å². The average molecular weight is 259 g/mol. The maximum atomic E-state index is 5.54. The molecule has 1 N–H and O–H groups in total. The van der Waals surface area contributed by atoms with Crippen LogP contribution in [0.2, 0.25) is 0 Å².